The van der Waals surface area contributed by atoms with Crippen molar-refractivity contribution in [2.24, 2.45) is 0 Å². The smallest absolute Gasteiger partial charge is 0.147 e. The zero-order valence-corrected chi connectivity index (χ0v) is 17.3. The summed E-state index contributed by atoms with van der Waals surface area (Å²) >= 11 is 0. The van der Waals surface area contributed by atoms with E-state index in [-0.39, 0.29) is 0 Å². The van der Waals surface area contributed by atoms with Crippen molar-refractivity contribution >= 4 is 11.5 Å². The van der Waals surface area contributed by atoms with Crippen LogP contribution in [-0.4, -0.2) is 36.1 Å². The van der Waals surface area contributed by atoms with Crippen LogP contribution in [0.25, 0.3) is 11.3 Å². The molecule has 1 aliphatic heterocycles. The molecule has 1 aromatic heterocycles. The molecule has 0 N–H and O–H groups in total. The molecule has 0 atom stereocenters. The van der Waals surface area contributed by atoms with E-state index in [1.54, 1.807) is 0 Å². The lowest BCUT2D eigenvalue weighted by Gasteiger charge is -2.36. The number of aromatic nitrogens is 2. The number of hydrogen-bond donors (Lipinski definition) is 0. The Morgan fingerprint density at radius 2 is 1.23 bits per heavy atom. The average molecular weight is 409 g/mol. The summed E-state index contributed by atoms with van der Waals surface area (Å²) in [5, 5.41) is 0. The first-order valence-electron chi connectivity index (χ1n) is 10.6. The van der Waals surface area contributed by atoms with Crippen molar-refractivity contribution < 1.29 is 4.74 Å². The minimum absolute atomic E-state index is 0.802. The predicted molar refractivity (Wildman–Crippen MR) is 125 cm³/mol. The second-order valence-corrected chi connectivity index (χ2v) is 7.51. The molecule has 0 bridgehead atoms. The highest BCUT2D eigenvalue weighted by Crippen LogP contribution is 2.26. The molecule has 5 rings (SSSR count). The summed E-state index contributed by atoms with van der Waals surface area (Å²) in [4.78, 5) is 14.1. The normalized spacial score (nSPS) is 13.8. The first-order valence-corrected chi connectivity index (χ1v) is 10.6. The summed E-state index contributed by atoms with van der Waals surface area (Å²) in [5.41, 5.74) is 3.17. The molecule has 2 heterocycles. The standard InChI is InChI=1S/C26H24N4O/c1-3-7-22(8-4-1)29-15-17-30(18-16-29)26-20-27-19-25(28-26)21-11-13-24(14-12-21)31-23-9-5-2-6-10-23/h1-14,19-20H,15-18H2. The summed E-state index contributed by atoms with van der Waals surface area (Å²) in [7, 11) is 0. The molecule has 1 fully saturated rings. The van der Waals surface area contributed by atoms with Gasteiger partial charge in [-0.1, -0.05) is 36.4 Å². The Labute approximate surface area is 182 Å². The van der Waals surface area contributed by atoms with Gasteiger partial charge in [-0.3, -0.25) is 4.98 Å². The van der Waals surface area contributed by atoms with E-state index < -0.39 is 0 Å². The Morgan fingerprint density at radius 1 is 0.613 bits per heavy atom. The first kappa shape index (κ1) is 19.1. The quantitative estimate of drug-likeness (QED) is 0.450. The number of nitrogens with zero attached hydrogens (tertiary/aromatic N) is 4. The van der Waals surface area contributed by atoms with Gasteiger partial charge in [-0.15, -0.1) is 0 Å². The van der Waals surface area contributed by atoms with Crippen LogP contribution in [0.1, 0.15) is 0 Å². The maximum atomic E-state index is 5.89. The van der Waals surface area contributed by atoms with Crippen LogP contribution in [0, 0.1) is 0 Å². The number of anilines is 2. The lowest BCUT2D eigenvalue weighted by atomic mass is 10.1. The van der Waals surface area contributed by atoms with E-state index in [4.69, 9.17) is 9.72 Å². The van der Waals surface area contributed by atoms with E-state index in [9.17, 15) is 0 Å². The van der Waals surface area contributed by atoms with E-state index in [2.05, 4.69) is 45.1 Å². The largest absolute Gasteiger partial charge is 0.457 e. The minimum Gasteiger partial charge on any atom is -0.457 e. The molecule has 3 aromatic carbocycles. The van der Waals surface area contributed by atoms with Gasteiger partial charge >= 0.3 is 0 Å². The molecule has 1 aliphatic rings. The van der Waals surface area contributed by atoms with Crippen molar-refractivity contribution in [3.63, 3.8) is 0 Å². The van der Waals surface area contributed by atoms with Crippen LogP contribution in [0.15, 0.2) is 97.3 Å². The highest BCUT2D eigenvalue weighted by atomic mass is 16.5. The molecule has 1 saturated heterocycles. The second kappa shape index (κ2) is 8.88. The van der Waals surface area contributed by atoms with Gasteiger partial charge in [0.15, 0.2) is 0 Å². The molecule has 5 nitrogen and oxygen atoms in total. The Bertz CT molecular complexity index is 1110. The molecule has 0 saturated carbocycles. The molecule has 0 unspecified atom stereocenters. The van der Waals surface area contributed by atoms with Gasteiger partial charge in [0.1, 0.15) is 17.3 Å². The Balaban J connectivity index is 1.26. The van der Waals surface area contributed by atoms with Gasteiger partial charge < -0.3 is 14.5 Å². The van der Waals surface area contributed by atoms with Crippen LogP contribution in [-0.2, 0) is 0 Å². The first-order chi connectivity index (χ1) is 15.3. The van der Waals surface area contributed by atoms with Crippen LogP contribution in [0.5, 0.6) is 11.5 Å². The maximum Gasteiger partial charge on any atom is 0.147 e. The van der Waals surface area contributed by atoms with Crippen LogP contribution in [0.3, 0.4) is 0 Å². The maximum absolute atomic E-state index is 5.89. The van der Waals surface area contributed by atoms with Crippen LogP contribution < -0.4 is 14.5 Å². The topological polar surface area (TPSA) is 41.5 Å². The third kappa shape index (κ3) is 4.51. The van der Waals surface area contributed by atoms with Crippen molar-refractivity contribution in [3.8, 4) is 22.8 Å². The summed E-state index contributed by atoms with van der Waals surface area (Å²) < 4.78 is 5.89. The molecule has 0 radical (unpaired) electrons. The lowest BCUT2D eigenvalue weighted by Crippen LogP contribution is -2.46. The van der Waals surface area contributed by atoms with Gasteiger partial charge in [-0.25, -0.2) is 4.98 Å². The zero-order valence-electron chi connectivity index (χ0n) is 17.3. The summed E-state index contributed by atoms with van der Waals surface area (Å²) in [5.74, 6) is 2.55. The van der Waals surface area contributed by atoms with Crippen LogP contribution in [0.2, 0.25) is 0 Å². The Morgan fingerprint density at radius 3 is 1.94 bits per heavy atom. The van der Waals surface area contributed by atoms with Gasteiger partial charge in [0.2, 0.25) is 0 Å². The predicted octanol–water partition coefficient (Wildman–Crippen LogP) is 5.26. The van der Waals surface area contributed by atoms with Crippen molar-refractivity contribution in [1.82, 2.24) is 9.97 Å². The van der Waals surface area contributed by atoms with E-state index in [1.165, 1.54) is 5.69 Å². The highest BCUT2D eigenvalue weighted by Gasteiger charge is 2.19. The van der Waals surface area contributed by atoms with Crippen molar-refractivity contribution in [3.05, 3.63) is 97.3 Å². The molecule has 0 aliphatic carbocycles. The molecule has 4 aromatic rings. The molecule has 154 valence electrons. The summed E-state index contributed by atoms with van der Waals surface area (Å²) in [6, 6.07) is 28.4. The average Bonchev–Trinajstić information content (AvgIpc) is 2.86. The fourth-order valence-electron chi connectivity index (χ4n) is 3.80. The Kier molecular flexibility index (Phi) is 5.48. The number of ether oxygens (including phenoxy) is 1. The minimum atomic E-state index is 0.802. The monoisotopic (exact) mass is 408 g/mol. The number of rotatable bonds is 5. The number of para-hydroxylation sites is 2. The van der Waals surface area contributed by atoms with E-state index in [0.29, 0.717) is 0 Å². The number of hydrogen-bond acceptors (Lipinski definition) is 5. The summed E-state index contributed by atoms with van der Waals surface area (Å²) in [6.45, 7) is 3.80. The van der Waals surface area contributed by atoms with Crippen molar-refractivity contribution in [1.29, 1.82) is 0 Å². The molecule has 5 heteroatoms. The van der Waals surface area contributed by atoms with Crippen molar-refractivity contribution in [2.45, 2.75) is 0 Å². The third-order valence-electron chi connectivity index (χ3n) is 5.48. The van der Waals surface area contributed by atoms with Gasteiger partial charge in [0.25, 0.3) is 0 Å². The lowest BCUT2D eigenvalue weighted by molar-refractivity contribution is 0.483. The fourth-order valence-corrected chi connectivity index (χ4v) is 3.80. The summed E-state index contributed by atoms with van der Waals surface area (Å²) in [6.07, 6.45) is 3.67. The molecular weight excluding hydrogens is 384 g/mol. The SMILES string of the molecule is c1ccc(Oc2ccc(-c3cncc(N4CCN(c5ccccc5)CC4)n3)cc2)cc1. The van der Waals surface area contributed by atoms with E-state index in [1.807, 2.05) is 67.0 Å². The van der Waals surface area contributed by atoms with Crippen LogP contribution in [0.4, 0.5) is 11.5 Å². The van der Waals surface area contributed by atoms with Gasteiger partial charge in [-0.05, 0) is 48.5 Å². The number of piperazine rings is 1. The van der Waals surface area contributed by atoms with Crippen molar-refractivity contribution in [2.75, 3.05) is 36.0 Å². The third-order valence-corrected chi connectivity index (χ3v) is 5.48. The molecular formula is C26H24N4O. The van der Waals surface area contributed by atoms with Gasteiger partial charge in [-0.2, -0.15) is 0 Å². The van der Waals surface area contributed by atoms with Crippen LogP contribution >= 0.6 is 0 Å². The second-order valence-electron chi connectivity index (χ2n) is 7.51. The highest BCUT2D eigenvalue weighted by molar-refractivity contribution is 5.61. The van der Waals surface area contributed by atoms with E-state index >= 15 is 0 Å². The molecule has 0 amide bonds. The molecule has 31 heavy (non-hydrogen) atoms. The number of benzene rings is 3. The Hall–Kier alpha value is -3.86. The zero-order chi connectivity index (χ0) is 20.9. The van der Waals surface area contributed by atoms with Gasteiger partial charge in [0.05, 0.1) is 18.1 Å². The van der Waals surface area contributed by atoms with E-state index in [0.717, 1.165) is 54.8 Å². The van der Waals surface area contributed by atoms with Gasteiger partial charge in [0, 0.05) is 37.4 Å². The fraction of sp³-hybridized carbons (Fsp3) is 0.154. The molecule has 0 spiro atoms.